The Morgan fingerprint density at radius 3 is 2.56 bits per heavy atom. The van der Waals surface area contributed by atoms with E-state index in [-0.39, 0.29) is 10.2 Å². The number of halogens is 3. The van der Waals surface area contributed by atoms with Crippen LogP contribution in [-0.2, 0) is 0 Å². The molecule has 16 heavy (non-hydrogen) atoms. The van der Waals surface area contributed by atoms with Crippen LogP contribution in [0.25, 0.3) is 5.69 Å². The van der Waals surface area contributed by atoms with Crippen LogP contribution in [0, 0.1) is 23.3 Å². The zero-order valence-corrected chi connectivity index (χ0v) is 10.6. The van der Waals surface area contributed by atoms with E-state index in [1.54, 1.807) is 6.20 Å². The SMILES string of the molecule is Cc1cn(-c2cc(Br)c(F)cc2F)c(=S)[nH]1. The van der Waals surface area contributed by atoms with E-state index in [9.17, 15) is 8.78 Å². The van der Waals surface area contributed by atoms with Crippen molar-refractivity contribution in [3.05, 3.63) is 44.9 Å². The number of nitrogens with zero attached hydrogens (tertiary/aromatic N) is 1. The molecule has 0 atom stereocenters. The van der Waals surface area contributed by atoms with Crippen LogP contribution >= 0.6 is 28.1 Å². The molecule has 0 saturated heterocycles. The molecule has 0 aliphatic heterocycles. The summed E-state index contributed by atoms with van der Waals surface area (Å²) in [5.41, 5.74) is 1.02. The summed E-state index contributed by atoms with van der Waals surface area (Å²) in [4.78, 5) is 2.87. The largest absolute Gasteiger partial charge is 0.335 e. The summed E-state index contributed by atoms with van der Waals surface area (Å²) in [5.74, 6) is -1.30. The molecule has 1 N–H and O–H groups in total. The van der Waals surface area contributed by atoms with Crippen LogP contribution in [0.3, 0.4) is 0 Å². The molecule has 2 nitrogen and oxygen atoms in total. The van der Waals surface area contributed by atoms with Gasteiger partial charge in [-0.1, -0.05) is 0 Å². The third-order valence-corrected chi connectivity index (χ3v) is 3.00. The molecule has 0 saturated carbocycles. The smallest absolute Gasteiger partial charge is 0.182 e. The minimum atomic E-state index is -0.657. The number of imidazole rings is 1. The highest BCUT2D eigenvalue weighted by molar-refractivity contribution is 9.10. The first-order valence-electron chi connectivity index (χ1n) is 4.42. The maximum absolute atomic E-state index is 13.6. The molecule has 0 unspecified atom stereocenters. The fourth-order valence-electron chi connectivity index (χ4n) is 1.39. The van der Waals surface area contributed by atoms with E-state index in [0.29, 0.717) is 4.77 Å². The molecule has 0 amide bonds. The van der Waals surface area contributed by atoms with Gasteiger partial charge in [-0.15, -0.1) is 0 Å². The van der Waals surface area contributed by atoms with Crippen molar-refractivity contribution in [2.24, 2.45) is 0 Å². The van der Waals surface area contributed by atoms with Gasteiger partial charge in [-0.05, 0) is 41.1 Å². The first-order chi connectivity index (χ1) is 7.49. The molecule has 2 aromatic rings. The third kappa shape index (κ3) is 1.94. The maximum Gasteiger partial charge on any atom is 0.182 e. The van der Waals surface area contributed by atoms with Crippen LogP contribution in [0.1, 0.15) is 5.69 Å². The summed E-state index contributed by atoms with van der Waals surface area (Å²) < 4.78 is 28.6. The molecule has 1 aromatic carbocycles. The van der Waals surface area contributed by atoms with Gasteiger partial charge in [-0.2, -0.15) is 0 Å². The average molecular weight is 305 g/mol. The quantitative estimate of drug-likeness (QED) is 0.626. The van der Waals surface area contributed by atoms with Crippen molar-refractivity contribution in [3.8, 4) is 5.69 Å². The number of hydrogen-bond donors (Lipinski definition) is 1. The van der Waals surface area contributed by atoms with E-state index in [4.69, 9.17) is 12.2 Å². The highest BCUT2D eigenvalue weighted by Crippen LogP contribution is 2.23. The van der Waals surface area contributed by atoms with Gasteiger partial charge in [0.15, 0.2) is 4.77 Å². The predicted molar refractivity (Wildman–Crippen MR) is 63.3 cm³/mol. The van der Waals surface area contributed by atoms with E-state index >= 15 is 0 Å². The van der Waals surface area contributed by atoms with Crippen LogP contribution in [0.15, 0.2) is 22.8 Å². The molecule has 0 radical (unpaired) electrons. The Balaban J connectivity index is 2.69. The van der Waals surface area contributed by atoms with E-state index in [1.165, 1.54) is 10.6 Å². The highest BCUT2D eigenvalue weighted by atomic mass is 79.9. The predicted octanol–water partition coefficient (Wildman–Crippen LogP) is 3.88. The molecule has 6 heteroatoms. The Kier molecular flexibility index (Phi) is 2.94. The topological polar surface area (TPSA) is 20.7 Å². The maximum atomic E-state index is 13.6. The molecule has 1 aromatic heterocycles. The lowest BCUT2D eigenvalue weighted by atomic mass is 10.3. The van der Waals surface area contributed by atoms with Crippen LogP contribution in [0.4, 0.5) is 8.78 Å². The van der Waals surface area contributed by atoms with Gasteiger partial charge in [0, 0.05) is 18.0 Å². The molecule has 2 rings (SSSR count). The van der Waals surface area contributed by atoms with Gasteiger partial charge in [0.25, 0.3) is 0 Å². The van der Waals surface area contributed by atoms with Crippen molar-refractivity contribution in [1.82, 2.24) is 9.55 Å². The molecule has 84 valence electrons. The summed E-state index contributed by atoms with van der Waals surface area (Å²) in [6.07, 6.45) is 1.66. The normalized spacial score (nSPS) is 10.8. The summed E-state index contributed by atoms with van der Waals surface area (Å²) in [6.45, 7) is 1.81. The van der Waals surface area contributed by atoms with Crippen molar-refractivity contribution in [2.75, 3.05) is 0 Å². The van der Waals surface area contributed by atoms with Crippen molar-refractivity contribution in [3.63, 3.8) is 0 Å². The van der Waals surface area contributed by atoms with Crippen molar-refractivity contribution in [1.29, 1.82) is 0 Å². The summed E-state index contributed by atoms with van der Waals surface area (Å²) in [6, 6.07) is 2.18. The molecule has 0 fully saturated rings. The summed E-state index contributed by atoms with van der Waals surface area (Å²) in [7, 11) is 0. The number of H-pyrrole nitrogens is 1. The third-order valence-electron chi connectivity index (χ3n) is 2.09. The monoisotopic (exact) mass is 304 g/mol. The molecule has 0 aliphatic rings. The second-order valence-electron chi connectivity index (χ2n) is 3.33. The Morgan fingerprint density at radius 2 is 2.00 bits per heavy atom. The summed E-state index contributed by atoms with van der Waals surface area (Å²) >= 11 is 8.03. The van der Waals surface area contributed by atoms with E-state index < -0.39 is 11.6 Å². The number of hydrogen-bond acceptors (Lipinski definition) is 1. The van der Waals surface area contributed by atoms with Gasteiger partial charge in [-0.25, -0.2) is 8.78 Å². The van der Waals surface area contributed by atoms with E-state index in [2.05, 4.69) is 20.9 Å². The number of rotatable bonds is 1. The lowest BCUT2D eigenvalue weighted by Crippen LogP contribution is -1.97. The Hall–Kier alpha value is -1.01. The van der Waals surface area contributed by atoms with Crippen LogP contribution in [0.5, 0.6) is 0 Å². The first-order valence-corrected chi connectivity index (χ1v) is 5.62. The minimum Gasteiger partial charge on any atom is -0.335 e. The van der Waals surface area contributed by atoms with Gasteiger partial charge in [0.05, 0.1) is 10.2 Å². The number of nitrogens with one attached hydrogen (secondary N) is 1. The zero-order chi connectivity index (χ0) is 11.9. The van der Waals surface area contributed by atoms with Crippen molar-refractivity contribution in [2.45, 2.75) is 6.92 Å². The molecular weight excluding hydrogens is 298 g/mol. The number of aryl methyl sites for hydroxylation is 1. The minimum absolute atomic E-state index is 0.199. The number of aromatic nitrogens is 2. The second kappa shape index (κ2) is 4.10. The summed E-state index contributed by atoms with van der Waals surface area (Å²) in [5, 5.41) is 0. The highest BCUT2D eigenvalue weighted by Gasteiger charge is 2.10. The van der Waals surface area contributed by atoms with Crippen molar-refractivity contribution >= 4 is 28.1 Å². The Labute approximate surface area is 104 Å². The van der Waals surface area contributed by atoms with Gasteiger partial charge < -0.3 is 4.98 Å². The lowest BCUT2D eigenvalue weighted by Gasteiger charge is -2.05. The molecule has 1 heterocycles. The molecular formula is C10H7BrF2N2S. The second-order valence-corrected chi connectivity index (χ2v) is 4.57. The van der Waals surface area contributed by atoms with Gasteiger partial charge in [-0.3, -0.25) is 4.57 Å². The standard InChI is InChI=1S/C10H7BrF2N2S/c1-5-4-15(10(16)14-5)9-2-6(11)7(12)3-8(9)13/h2-4H,1H3,(H,14,16). The van der Waals surface area contributed by atoms with Gasteiger partial charge >= 0.3 is 0 Å². The molecule has 0 bridgehead atoms. The number of benzene rings is 1. The van der Waals surface area contributed by atoms with E-state index in [1.807, 2.05) is 6.92 Å². The lowest BCUT2D eigenvalue weighted by molar-refractivity contribution is 0.573. The van der Waals surface area contributed by atoms with Gasteiger partial charge in [0.1, 0.15) is 11.6 Å². The first kappa shape index (κ1) is 11.5. The Morgan fingerprint density at radius 1 is 1.31 bits per heavy atom. The van der Waals surface area contributed by atoms with E-state index in [0.717, 1.165) is 11.8 Å². The number of aromatic amines is 1. The van der Waals surface area contributed by atoms with Crippen LogP contribution in [0.2, 0.25) is 0 Å². The zero-order valence-electron chi connectivity index (χ0n) is 8.22. The fourth-order valence-corrected chi connectivity index (χ4v) is 2.03. The van der Waals surface area contributed by atoms with Crippen molar-refractivity contribution < 1.29 is 8.78 Å². The van der Waals surface area contributed by atoms with Gasteiger partial charge in [0.2, 0.25) is 0 Å². The fraction of sp³-hybridized carbons (Fsp3) is 0.100. The van der Waals surface area contributed by atoms with Crippen LogP contribution in [-0.4, -0.2) is 9.55 Å². The molecule has 0 spiro atoms. The Bertz CT molecular complexity index is 603. The average Bonchev–Trinajstić information content (AvgIpc) is 2.51. The molecule has 0 aliphatic carbocycles. The van der Waals surface area contributed by atoms with Crippen LogP contribution < -0.4 is 0 Å².